The van der Waals surface area contributed by atoms with Gasteiger partial charge in [0.25, 0.3) is 5.91 Å². The predicted molar refractivity (Wildman–Crippen MR) is 107 cm³/mol. The topological polar surface area (TPSA) is 91.1 Å². The van der Waals surface area contributed by atoms with Crippen molar-refractivity contribution in [2.24, 2.45) is 0 Å². The molecule has 2 rings (SSSR count). The molecule has 150 valence electrons. The van der Waals surface area contributed by atoms with Gasteiger partial charge in [-0.3, -0.25) is 4.79 Å². The molecular weight excluding hydrogens is 384 g/mol. The van der Waals surface area contributed by atoms with E-state index in [4.69, 9.17) is 31.5 Å². The van der Waals surface area contributed by atoms with Crippen molar-refractivity contribution in [2.75, 3.05) is 33.1 Å². The normalized spacial score (nSPS) is 10.3. The summed E-state index contributed by atoms with van der Waals surface area (Å²) in [5, 5.41) is 0.201. The van der Waals surface area contributed by atoms with Gasteiger partial charge in [0.1, 0.15) is 17.1 Å². The van der Waals surface area contributed by atoms with E-state index in [0.717, 1.165) is 11.3 Å². The van der Waals surface area contributed by atoms with E-state index in [1.807, 2.05) is 31.2 Å². The lowest BCUT2D eigenvalue weighted by Crippen LogP contribution is -2.30. The molecule has 2 aromatic rings. The Hall–Kier alpha value is -2.93. The minimum Gasteiger partial charge on any atom is -0.496 e. The minimum atomic E-state index is -0.721. The summed E-state index contributed by atoms with van der Waals surface area (Å²) in [7, 11) is 3.03. The number of nitrogens with two attached hydrogens (primary N) is 1. The number of nitrogen functional groups attached to an aromatic ring is 1. The number of hydrogen-bond acceptors (Lipinski definition) is 6. The number of ether oxygens (including phenoxy) is 3. The van der Waals surface area contributed by atoms with Crippen LogP contribution in [0, 0.1) is 0 Å². The second-order valence-corrected chi connectivity index (χ2v) is 6.38. The van der Waals surface area contributed by atoms with Gasteiger partial charge in [0.15, 0.2) is 6.61 Å². The van der Waals surface area contributed by atoms with Gasteiger partial charge in [0, 0.05) is 19.7 Å². The van der Waals surface area contributed by atoms with Gasteiger partial charge in [-0.1, -0.05) is 23.7 Å². The molecule has 0 fully saturated rings. The lowest BCUT2D eigenvalue weighted by Gasteiger charge is -2.18. The molecule has 2 aromatic carbocycles. The van der Waals surface area contributed by atoms with Gasteiger partial charge >= 0.3 is 5.97 Å². The summed E-state index contributed by atoms with van der Waals surface area (Å²) >= 11 is 5.95. The van der Waals surface area contributed by atoms with Crippen molar-refractivity contribution >= 4 is 29.2 Å². The highest BCUT2D eigenvalue weighted by Gasteiger charge is 2.19. The number of likely N-dealkylation sites (N-methyl/N-ethyl adjacent to an activating group) is 1. The lowest BCUT2D eigenvalue weighted by atomic mass is 10.2. The molecule has 7 nitrogen and oxygen atoms in total. The Kier molecular flexibility index (Phi) is 7.52. The Bertz CT molecular complexity index is 839. The van der Waals surface area contributed by atoms with Crippen molar-refractivity contribution in [3.8, 4) is 11.5 Å². The Morgan fingerprint density at radius 3 is 2.46 bits per heavy atom. The second kappa shape index (κ2) is 9.85. The van der Waals surface area contributed by atoms with Crippen LogP contribution >= 0.6 is 11.6 Å². The quantitative estimate of drug-likeness (QED) is 0.535. The molecule has 0 atom stereocenters. The SMILES string of the molecule is CCOc1ccc(CN(C)C(=O)COC(=O)c2cc(Cl)c(N)cc2OC)cc1. The number of carbonyl (C=O) groups excluding carboxylic acids is 2. The van der Waals surface area contributed by atoms with E-state index in [9.17, 15) is 9.59 Å². The highest BCUT2D eigenvalue weighted by Crippen LogP contribution is 2.29. The van der Waals surface area contributed by atoms with Crippen molar-refractivity contribution in [3.05, 3.63) is 52.5 Å². The number of hydrogen-bond donors (Lipinski definition) is 1. The molecule has 0 aromatic heterocycles. The summed E-state index contributed by atoms with van der Waals surface area (Å²) in [4.78, 5) is 26.0. The van der Waals surface area contributed by atoms with Crippen LogP contribution in [0.25, 0.3) is 0 Å². The highest BCUT2D eigenvalue weighted by molar-refractivity contribution is 6.33. The number of carbonyl (C=O) groups is 2. The molecule has 2 N–H and O–H groups in total. The number of nitrogens with zero attached hydrogens (tertiary/aromatic N) is 1. The third-order valence-electron chi connectivity index (χ3n) is 3.95. The smallest absolute Gasteiger partial charge is 0.342 e. The number of halogens is 1. The maximum Gasteiger partial charge on any atom is 0.342 e. The third-order valence-corrected chi connectivity index (χ3v) is 4.27. The van der Waals surface area contributed by atoms with Crippen molar-refractivity contribution in [1.29, 1.82) is 0 Å². The first-order valence-corrected chi connectivity index (χ1v) is 8.99. The Morgan fingerprint density at radius 2 is 1.86 bits per heavy atom. The average Bonchev–Trinajstić information content (AvgIpc) is 2.69. The standard InChI is InChI=1S/C20H23ClN2O5/c1-4-27-14-7-5-13(6-8-14)11-23(2)19(24)12-28-20(25)15-9-16(21)17(22)10-18(15)26-3/h5-10H,4,11-12,22H2,1-3H3. The van der Waals surface area contributed by atoms with E-state index in [0.29, 0.717) is 13.2 Å². The first kappa shape index (κ1) is 21.4. The summed E-state index contributed by atoms with van der Waals surface area (Å²) < 4.78 is 15.6. The number of benzene rings is 2. The highest BCUT2D eigenvalue weighted by atomic mass is 35.5. The molecule has 0 aliphatic rings. The largest absolute Gasteiger partial charge is 0.496 e. The molecule has 8 heteroatoms. The first-order valence-electron chi connectivity index (χ1n) is 8.61. The summed E-state index contributed by atoms with van der Waals surface area (Å²) in [6.07, 6.45) is 0. The van der Waals surface area contributed by atoms with Crippen molar-refractivity contribution in [2.45, 2.75) is 13.5 Å². The molecule has 1 amide bonds. The molecule has 0 aliphatic heterocycles. The molecule has 0 radical (unpaired) electrons. The van der Waals surface area contributed by atoms with Crippen LogP contribution in [-0.4, -0.2) is 44.1 Å². The van der Waals surface area contributed by atoms with Gasteiger partial charge < -0.3 is 24.8 Å². The van der Waals surface area contributed by atoms with Crippen LogP contribution in [0.5, 0.6) is 11.5 Å². The van der Waals surface area contributed by atoms with Gasteiger partial charge in [0.2, 0.25) is 0 Å². The van der Waals surface area contributed by atoms with E-state index in [2.05, 4.69) is 0 Å². The van der Waals surface area contributed by atoms with E-state index in [-0.39, 0.29) is 27.9 Å². The van der Waals surface area contributed by atoms with Crippen molar-refractivity contribution < 1.29 is 23.8 Å². The minimum absolute atomic E-state index is 0.101. The van der Waals surface area contributed by atoms with Gasteiger partial charge in [-0.15, -0.1) is 0 Å². The monoisotopic (exact) mass is 406 g/mol. The van der Waals surface area contributed by atoms with Crippen LogP contribution in [-0.2, 0) is 16.1 Å². The lowest BCUT2D eigenvalue weighted by molar-refractivity contribution is -0.133. The zero-order valence-electron chi connectivity index (χ0n) is 16.0. The van der Waals surface area contributed by atoms with Crippen LogP contribution in [0.4, 0.5) is 5.69 Å². The molecule has 0 aliphatic carbocycles. The second-order valence-electron chi connectivity index (χ2n) is 5.98. The van der Waals surface area contributed by atoms with Crippen LogP contribution in [0.3, 0.4) is 0 Å². The van der Waals surface area contributed by atoms with Crippen LogP contribution in [0.15, 0.2) is 36.4 Å². The fourth-order valence-corrected chi connectivity index (χ4v) is 2.60. The number of esters is 1. The van der Waals surface area contributed by atoms with Crippen molar-refractivity contribution in [3.63, 3.8) is 0 Å². The molecule has 0 spiro atoms. The fraction of sp³-hybridized carbons (Fsp3) is 0.300. The van der Waals surface area contributed by atoms with Crippen molar-refractivity contribution in [1.82, 2.24) is 4.90 Å². The number of anilines is 1. The molecule has 28 heavy (non-hydrogen) atoms. The molecular formula is C20H23ClN2O5. The van der Waals surface area contributed by atoms with Gasteiger partial charge in [0.05, 0.1) is 24.4 Å². The molecule has 0 bridgehead atoms. The molecule has 0 heterocycles. The summed E-state index contributed by atoms with van der Waals surface area (Å²) in [5.74, 6) is -0.0725. The van der Waals surface area contributed by atoms with Gasteiger partial charge in [-0.2, -0.15) is 0 Å². The zero-order chi connectivity index (χ0) is 20.7. The molecule has 0 saturated carbocycles. The molecule has 0 unspecified atom stereocenters. The maximum atomic E-state index is 12.3. The third kappa shape index (κ3) is 5.53. The van der Waals surface area contributed by atoms with E-state index in [1.54, 1.807) is 7.05 Å². The van der Waals surface area contributed by atoms with Gasteiger partial charge in [-0.25, -0.2) is 4.79 Å². The molecule has 0 saturated heterocycles. The maximum absolute atomic E-state index is 12.3. The summed E-state index contributed by atoms with van der Waals surface area (Å²) in [6.45, 7) is 2.47. The van der Waals surface area contributed by atoms with Crippen LogP contribution < -0.4 is 15.2 Å². The van der Waals surface area contributed by atoms with E-state index < -0.39 is 12.6 Å². The number of amides is 1. The van der Waals surface area contributed by atoms with E-state index in [1.165, 1.54) is 24.1 Å². The predicted octanol–water partition coefficient (Wildman–Crippen LogP) is 3.14. The Labute approximate surface area is 168 Å². The zero-order valence-corrected chi connectivity index (χ0v) is 16.8. The van der Waals surface area contributed by atoms with Crippen LogP contribution in [0.2, 0.25) is 5.02 Å². The number of rotatable bonds is 8. The van der Waals surface area contributed by atoms with Crippen LogP contribution in [0.1, 0.15) is 22.8 Å². The summed E-state index contributed by atoms with van der Waals surface area (Å²) in [5.41, 5.74) is 7.00. The fourth-order valence-electron chi connectivity index (χ4n) is 2.43. The van der Waals surface area contributed by atoms with Gasteiger partial charge in [-0.05, 0) is 30.7 Å². The Morgan fingerprint density at radius 1 is 1.18 bits per heavy atom. The Balaban J connectivity index is 1.94. The summed E-state index contributed by atoms with van der Waals surface area (Å²) in [6, 6.07) is 10.2. The first-order chi connectivity index (χ1) is 13.3. The number of methoxy groups -OCH3 is 1. The van der Waals surface area contributed by atoms with E-state index >= 15 is 0 Å². The average molecular weight is 407 g/mol.